The van der Waals surface area contributed by atoms with Crippen LogP contribution in [0.3, 0.4) is 0 Å². The van der Waals surface area contributed by atoms with E-state index in [0.29, 0.717) is 12.6 Å². The maximum Gasteiger partial charge on any atom is 0.320 e. The fraction of sp³-hybridized carbons (Fsp3) is 0.846. The Morgan fingerprint density at radius 2 is 1.94 bits per heavy atom. The van der Waals surface area contributed by atoms with Crippen LogP contribution in [0.5, 0.6) is 0 Å². The maximum absolute atomic E-state index is 12.0. The van der Waals surface area contributed by atoms with Crippen molar-refractivity contribution >= 4 is 11.9 Å². The van der Waals surface area contributed by atoms with Crippen LogP contribution in [-0.4, -0.2) is 48.1 Å². The quantitative estimate of drug-likeness (QED) is 0.688. The maximum atomic E-state index is 12.0. The minimum Gasteiger partial charge on any atom is -0.465 e. The van der Waals surface area contributed by atoms with Crippen molar-refractivity contribution in [3.63, 3.8) is 0 Å². The molecule has 1 aliphatic carbocycles. The Bertz CT molecular complexity index is 301. The van der Waals surface area contributed by atoms with Gasteiger partial charge in [0.1, 0.15) is 0 Å². The van der Waals surface area contributed by atoms with Gasteiger partial charge in [0.15, 0.2) is 0 Å². The van der Waals surface area contributed by atoms with Crippen LogP contribution in [0.25, 0.3) is 0 Å². The second-order valence-electron chi connectivity index (χ2n) is 5.05. The average Bonchev–Trinajstić information content (AvgIpc) is 3.08. The van der Waals surface area contributed by atoms with Crippen LogP contribution in [-0.2, 0) is 14.3 Å². The first kappa shape index (κ1) is 15.0. The summed E-state index contributed by atoms with van der Waals surface area (Å²) in [5, 5.41) is 2.88. The zero-order valence-electron chi connectivity index (χ0n) is 11.7. The van der Waals surface area contributed by atoms with E-state index in [4.69, 9.17) is 4.74 Å². The molecule has 0 aromatic heterocycles. The number of carbonyl (C=O) groups is 2. The summed E-state index contributed by atoms with van der Waals surface area (Å²) < 4.78 is 4.95. The van der Waals surface area contributed by atoms with Crippen LogP contribution in [0.15, 0.2) is 0 Å². The van der Waals surface area contributed by atoms with Gasteiger partial charge in [0.25, 0.3) is 0 Å². The van der Waals surface area contributed by atoms with Gasteiger partial charge in [-0.2, -0.15) is 0 Å². The molecular weight excluding hydrogens is 232 g/mol. The monoisotopic (exact) mass is 256 g/mol. The zero-order chi connectivity index (χ0) is 13.7. The summed E-state index contributed by atoms with van der Waals surface area (Å²) in [4.78, 5) is 25.4. The zero-order valence-corrected chi connectivity index (χ0v) is 11.7. The molecule has 0 spiro atoms. The highest BCUT2D eigenvalue weighted by molar-refractivity contribution is 5.82. The minimum atomic E-state index is -0.288. The van der Waals surface area contributed by atoms with Gasteiger partial charge in [-0.15, -0.1) is 0 Å². The Labute approximate surface area is 109 Å². The van der Waals surface area contributed by atoms with Crippen molar-refractivity contribution in [1.82, 2.24) is 10.2 Å². The van der Waals surface area contributed by atoms with E-state index in [1.54, 1.807) is 6.92 Å². The molecule has 0 aliphatic heterocycles. The lowest BCUT2D eigenvalue weighted by molar-refractivity contribution is -0.145. The lowest BCUT2D eigenvalue weighted by Gasteiger charge is -2.27. The van der Waals surface area contributed by atoms with E-state index in [1.165, 1.54) is 0 Å². The van der Waals surface area contributed by atoms with Gasteiger partial charge >= 0.3 is 5.97 Å². The molecular formula is C13H24N2O3. The van der Waals surface area contributed by atoms with Crippen molar-refractivity contribution in [2.75, 3.05) is 13.2 Å². The van der Waals surface area contributed by atoms with Crippen LogP contribution in [0.1, 0.15) is 40.5 Å². The summed E-state index contributed by atoms with van der Waals surface area (Å²) in [7, 11) is 0. The summed E-state index contributed by atoms with van der Waals surface area (Å²) in [5.41, 5.74) is 0. The number of ether oxygens (including phenoxy) is 1. The standard InChI is InChI=1S/C13H24N2O3/c1-5-18-12(16)8-15(11-6-7-11)10(4)13(17)14-9(2)3/h9-11H,5-8H2,1-4H3,(H,14,17). The molecule has 0 heterocycles. The molecule has 5 nitrogen and oxygen atoms in total. The molecule has 1 atom stereocenters. The van der Waals surface area contributed by atoms with Crippen LogP contribution in [0.4, 0.5) is 0 Å². The molecule has 1 amide bonds. The van der Waals surface area contributed by atoms with Crippen molar-refractivity contribution in [2.24, 2.45) is 0 Å². The average molecular weight is 256 g/mol. The largest absolute Gasteiger partial charge is 0.465 e. The van der Waals surface area contributed by atoms with Gasteiger partial charge in [-0.3, -0.25) is 14.5 Å². The predicted octanol–water partition coefficient (Wildman–Crippen LogP) is 0.927. The lowest BCUT2D eigenvalue weighted by atomic mass is 10.2. The number of carbonyl (C=O) groups excluding carboxylic acids is 2. The molecule has 18 heavy (non-hydrogen) atoms. The van der Waals surface area contributed by atoms with E-state index in [9.17, 15) is 9.59 Å². The molecule has 5 heteroatoms. The second-order valence-corrected chi connectivity index (χ2v) is 5.05. The third-order valence-electron chi connectivity index (χ3n) is 2.94. The fourth-order valence-corrected chi connectivity index (χ4v) is 1.90. The van der Waals surface area contributed by atoms with Gasteiger partial charge < -0.3 is 10.1 Å². The highest BCUT2D eigenvalue weighted by Gasteiger charge is 2.36. The van der Waals surface area contributed by atoms with Crippen molar-refractivity contribution in [1.29, 1.82) is 0 Å². The molecule has 0 saturated heterocycles. The molecule has 1 fully saturated rings. The smallest absolute Gasteiger partial charge is 0.320 e. The molecule has 1 unspecified atom stereocenters. The van der Waals surface area contributed by atoms with Gasteiger partial charge in [0, 0.05) is 12.1 Å². The molecule has 0 radical (unpaired) electrons. The Kier molecular flexibility index (Phi) is 5.59. The first-order valence-electron chi connectivity index (χ1n) is 6.67. The number of rotatable bonds is 7. The van der Waals surface area contributed by atoms with Gasteiger partial charge in [0.05, 0.1) is 19.2 Å². The van der Waals surface area contributed by atoms with Crippen LogP contribution in [0.2, 0.25) is 0 Å². The summed E-state index contributed by atoms with van der Waals surface area (Å²) >= 11 is 0. The predicted molar refractivity (Wildman–Crippen MR) is 69.1 cm³/mol. The molecule has 1 saturated carbocycles. The van der Waals surface area contributed by atoms with Crippen LogP contribution >= 0.6 is 0 Å². The fourth-order valence-electron chi connectivity index (χ4n) is 1.90. The number of amides is 1. The summed E-state index contributed by atoms with van der Waals surface area (Å²) in [6.45, 7) is 8.06. The third kappa shape index (κ3) is 4.64. The van der Waals surface area contributed by atoms with E-state index in [1.807, 2.05) is 25.7 Å². The highest BCUT2D eigenvalue weighted by atomic mass is 16.5. The molecule has 1 aliphatic rings. The molecule has 1 rings (SSSR count). The van der Waals surface area contributed by atoms with E-state index in [0.717, 1.165) is 12.8 Å². The first-order chi connectivity index (χ1) is 8.45. The summed E-state index contributed by atoms with van der Waals surface area (Å²) in [5.74, 6) is -0.283. The number of hydrogen-bond donors (Lipinski definition) is 1. The van der Waals surface area contributed by atoms with Gasteiger partial charge in [-0.1, -0.05) is 0 Å². The van der Waals surface area contributed by atoms with Crippen LogP contribution < -0.4 is 5.32 Å². The third-order valence-corrected chi connectivity index (χ3v) is 2.94. The molecule has 0 aromatic rings. The van der Waals surface area contributed by atoms with Gasteiger partial charge in [-0.05, 0) is 40.5 Å². The number of esters is 1. The Balaban J connectivity index is 2.55. The van der Waals surface area contributed by atoms with Crippen molar-refractivity contribution in [2.45, 2.75) is 58.7 Å². The number of nitrogens with zero attached hydrogens (tertiary/aromatic N) is 1. The van der Waals surface area contributed by atoms with E-state index in [2.05, 4.69) is 5.32 Å². The van der Waals surface area contributed by atoms with E-state index in [-0.39, 0.29) is 30.5 Å². The van der Waals surface area contributed by atoms with E-state index < -0.39 is 0 Å². The Morgan fingerprint density at radius 3 is 2.39 bits per heavy atom. The molecule has 0 bridgehead atoms. The van der Waals surface area contributed by atoms with E-state index >= 15 is 0 Å². The topological polar surface area (TPSA) is 58.6 Å². The normalized spacial score (nSPS) is 16.8. The summed E-state index contributed by atoms with van der Waals surface area (Å²) in [6.07, 6.45) is 2.11. The molecule has 1 N–H and O–H groups in total. The first-order valence-corrected chi connectivity index (χ1v) is 6.67. The SMILES string of the molecule is CCOC(=O)CN(C1CC1)C(C)C(=O)NC(C)C. The van der Waals surface area contributed by atoms with Crippen LogP contribution in [0, 0.1) is 0 Å². The van der Waals surface area contributed by atoms with Crippen molar-refractivity contribution in [3.05, 3.63) is 0 Å². The molecule has 0 aromatic carbocycles. The van der Waals surface area contributed by atoms with Gasteiger partial charge in [-0.25, -0.2) is 0 Å². The van der Waals surface area contributed by atoms with Crippen molar-refractivity contribution in [3.8, 4) is 0 Å². The lowest BCUT2D eigenvalue weighted by Crippen LogP contribution is -2.49. The number of hydrogen-bond acceptors (Lipinski definition) is 4. The Morgan fingerprint density at radius 1 is 1.33 bits per heavy atom. The summed E-state index contributed by atoms with van der Waals surface area (Å²) in [6, 6.07) is 0.176. The molecule has 104 valence electrons. The minimum absolute atomic E-state index is 0.0267. The number of nitrogens with one attached hydrogen (secondary N) is 1. The second kappa shape index (κ2) is 6.73. The highest BCUT2D eigenvalue weighted by Crippen LogP contribution is 2.28. The van der Waals surface area contributed by atoms with Crippen molar-refractivity contribution < 1.29 is 14.3 Å². The Hall–Kier alpha value is -1.10. The van der Waals surface area contributed by atoms with Gasteiger partial charge in [0.2, 0.25) is 5.91 Å².